The summed E-state index contributed by atoms with van der Waals surface area (Å²) in [5.74, 6) is 0.757. The third-order valence-electron chi connectivity index (χ3n) is 3.90. The summed E-state index contributed by atoms with van der Waals surface area (Å²) in [4.78, 5) is 0. The van der Waals surface area contributed by atoms with Gasteiger partial charge in [-0.05, 0) is 62.3 Å². The van der Waals surface area contributed by atoms with Gasteiger partial charge in [0.1, 0.15) is 0 Å². The fraction of sp³-hybridized carbons (Fsp3) is 0.625. The van der Waals surface area contributed by atoms with E-state index in [2.05, 4.69) is 60.2 Å². The van der Waals surface area contributed by atoms with E-state index in [1.54, 1.807) is 0 Å². The summed E-state index contributed by atoms with van der Waals surface area (Å²) in [6.07, 6.45) is 5.09. The Morgan fingerprint density at radius 3 is 2.72 bits per heavy atom. The molecule has 18 heavy (non-hydrogen) atoms. The Bertz CT molecular complexity index is 406. The largest absolute Gasteiger partial charge is 0.311 e. The molecular weight excluding hydrogens is 286 g/mol. The van der Waals surface area contributed by atoms with Crippen LogP contribution in [0.3, 0.4) is 0 Å². The molecule has 0 amide bonds. The van der Waals surface area contributed by atoms with E-state index >= 15 is 0 Å². The number of benzene rings is 1. The maximum atomic E-state index is 3.77. The van der Waals surface area contributed by atoms with E-state index in [1.807, 2.05) is 0 Å². The third kappa shape index (κ3) is 3.36. The fourth-order valence-corrected chi connectivity index (χ4v) is 3.50. The quantitative estimate of drug-likeness (QED) is 0.865. The van der Waals surface area contributed by atoms with Gasteiger partial charge in [0.2, 0.25) is 0 Å². The van der Waals surface area contributed by atoms with E-state index in [9.17, 15) is 0 Å². The molecule has 1 nitrogen and oxygen atoms in total. The van der Waals surface area contributed by atoms with Crippen LogP contribution in [-0.2, 0) is 6.42 Å². The normalized spacial score (nSPS) is 23.8. The molecule has 0 saturated carbocycles. The van der Waals surface area contributed by atoms with Gasteiger partial charge in [-0.15, -0.1) is 0 Å². The summed E-state index contributed by atoms with van der Waals surface area (Å²) in [6, 6.07) is 6.77. The van der Waals surface area contributed by atoms with Gasteiger partial charge in [-0.3, -0.25) is 0 Å². The number of hydrogen-bond acceptors (Lipinski definition) is 1. The van der Waals surface area contributed by atoms with Crippen molar-refractivity contribution < 1.29 is 0 Å². The van der Waals surface area contributed by atoms with Crippen molar-refractivity contribution in [2.75, 3.05) is 6.54 Å². The monoisotopic (exact) mass is 309 g/mol. The molecule has 1 fully saturated rings. The average molecular weight is 310 g/mol. The first-order valence-corrected chi connectivity index (χ1v) is 7.80. The highest BCUT2D eigenvalue weighted by Crippen LogP contribution is 2.31. The van der Waals surface area contributed by atoms with Crippen molar-refractivity contribution >= 4 is 15.9 Å². The molecule has 1 aliphatic heterocycles. The summed E-state index contributed by atoms with van der Waals surface area (Å²) < 4.78 is 1.21. The standard InChI is InChI=1S/C16H24BrN/c1-12(2)10-16(7-4-8-18-16)11-14-5-6-15(17)13(3)9-14/h5-6,9,12,18H,4,7-8,10-11H2,1-3H3. The molecule has 1 N–H and O–H groups in total. The van der Waals surface area contributed by atoms with Crippen LogP contribution in [0.25, 0.3) is 0 Å². The van der Waals surface area contributed by atoms with Crippen LogP contribution in [0.2, 0.25) is 0 Å². The van der Waals surface area contributed by atoms with Gasteiger partial charge < -0.3 is 5.32 Å². The Balaban J connectivity index is 2.15. The van der Waals surface area contributed by atoms with Crippen molar-refractivity contribution in [1.29, 1.82) is 0 Å². The van der Waals surface area contributed by atoms with E-state index < -0.39 is 0 Å². The predicted octanol–water partition coefficient (Wildman–Crippen LogP) is 4.47. The summed E-state index contributed by atoms with van der Waals surface area (Å²) in [5.41, 5.74) is 3.14. The van der Waals surface area contributed by atoms with Crippen molar-refractivity contribution in [1.82, 2.24) is 5.32 Å². The molecule has 1 aliphatic rings. The lowest BCUT2D eigenvalue weighted by molar-refractivity contribution is 0.301. The van der Waals surface area contributed by atoms with Crippen molar-refractivity contribution in [3.8, 4) is 0 Å². The van der Waals surface area contributed by atoms with Crippen LogP contribution in [0, 0.1) is 12.8 Å². The maximum absolute atomic E-state index is 3.77. The van der Waals surface area contributed by atoms with E-state index in [1.165, 1.54) is 47.8 Å². The Morgan fingerprint density at radius 1 is 1.39 bits per heavy atom. The predicted molar refractivity (Wildman–Crippen MR) is 82.0 cm³/mol. The Kier molecular flexibility index (Phi) is 4.50. The minimum atomic E-state index is 0.342. The number of hydrogen-bond donors (Lipinski definition) is 1. The highest BCUT2D eigenvalue weighted by Gasteiger charge is 2.33. The second-order valence-corrected chi connectivity index (χ2v) is 7.02. The number of rotatable bonds is 4. The molecule has 0 spiro atoms. The van der Waals surface area contributed by atoms with Crippen LogP contribution in [0.4, 0.5) is 0 Å². The van der Waals surface area contributed by atoms with Gasteiger partial charge in [0, 0.05) is 10.0 Å². The molecule has 1 atom stereocenters. The number of nitrogens with one attached hydrogen (secondary N) is 1. The van der Waals surface area contributed by atoms with Gasteiger partial charge in [0.05, 0.1) is 0 Å². The zero-order valence-corrected chi connectivity index (χ0v) is 13.3. The summed E-state index contributed by atoms with van der Waals surface area (Å²) in [5, 5.41) is 3.77. The maximum Gasteiger partial charge on any atom is 0.0224 e. The molecule has 1 aromatic rings. The second kappa shape index (κ2) is 5.75. The molecule has 0 bridgehead atoms. The molecule has 0 aliphatic carbocycles. The molecule has 100 valence electrons. The first-order valence-electron chi connectivity index (χ1n) is 7.01. The molecule has 2 rings (SSSR count). The van der Waals surface area contributed by atoms with Gasteiger partial charge in [0.15, 0.2) is 0 Å². The van der Waals surface area contributed by atoms with Crippen LogP contribution in [0.15, 0.2) is 22.7 Å². The lowest BCUT2D eigenvalue weighted by atomic mass is 9.82. The lowest BCUT2D eigenvalue weighted by Crippen LogP contribution is -2.43. The van der Waals surface area contributed by atoms with E-state index in [4.69, 9.17) is 0 Å². The van der Waals surface area contributed by atoms with Crippen LogP contribution >= 0.6 is 15.9 Å². The zero-order valence-electron chi connectivity index (χ0n) is 11.7. The van der Waals surface area contributed by atoms with Gasteiger partial charge in [0.25, 0.3) is 0 Å². The van der Waals surface area contributed by atoms with Crippen molar-refractivity contribution in [3.05, 3.63) is 33.8 Å². The van der Waals surface area contributed by atoms with Gasteiger partial charge in [-0.25, -0.2) is 0 Å². The molecule has 1 saturated heterocycles. The Morgan fingerprint density at radius 2 is 2.17 bits per heavy atom. The molecular formula is C16H24BrN. The summed E-state index contributed by atoms with van der Waals surface area (Å²) in [7, 11) is 0. The van der Waals surface area contributed by atoms with Crippen LogP contribution in [0.1, 0.15) is 44.2 Å². The average Bonchev–Trinajstić information content (AvgIpc) is 2.71. The summed E-state index contributed by atoms with van der Waals surface area (Å²) >= 11 is 3.58. The first-order chi connectivity index (χ1) is 8.51. The number of halogens is 1. The topological polar surface area (TPSA) is 12.0 Å². The molecule has 0 aromatic heterocycles. The zero-order chi connectivity index (χ0) is 13.2. The Hall–Kier alpha value is -0.340. The van der Waals surface area contributed by atoms with Crippen LogP contribution in [0.5, 0.6) is 0 Å². The number of aryl methyl sites for hydroxylation is 1. The van der Waals surface area contributed by atoms with E-state index in [0.29, 0.717) is 5.54 Å². The second-order valence-electron chi connectivity index (χ2n) is 6.17. The fourth-order valence-electron chi connectivity index (χ4n) is 3.25. The van der Waals surface area contributed by atoms with Crippen molar-refractivity contribution in [3.63, 3.8) is 0 Å². The molecule has 1 heterocycles. The molecule has 1 unspecified atom stereocenters. The smallest absolute Gasteiger partial charge is 0.0224 e. The SMILES string of the molecule is Cc1cc(CC2(CC(C)C)CCCN2)ccc1Br. The first kappa shape index (κ1) is 14.1. The van der Waals surface area contributed by atoms with Crippen LogP contribution < -0.4 is 5.32 Å². The Labute approximate surface area is 119 Å². The van der Waals surface area contributed by atoms with Crippen molar-refractivity contribution in [2.45, 2.75) is 52.0 Å². The molecule has 0 radical (unpaired) electrons. The van der Waals surface area contributed by atoms with Gasteiger partial charge in [-0.2, -0.15) is 0 Å². The summed E-state index contributed by atoms with van der Waals surface area (Å²) in [6.45, 7) is 8.01. The van der Waals surface area contributed by atoms with E-state index in [-0.39, 0.29) is 0 Å². The minimum absolute atomic E-state index is 0.342. The lowest BCUT2D eigenvalue weighted by Gasteiger charge is -2.32. The van der Waals surface area contributed by atoms with Crippen molar-refractivity contribution in [2.24, 2.45) is 5.92 Å². The van der Waals surface area contributed by atoms with Gasteiger partial charge >= 0.3 is 0 Å². The van der Waals surface area contributed by atoms with Crippen LogP contribution in [-0.4, -0.2) is 12.1 Å². The van der Waals surface area contributed by atoms with Gasteiger partial charge in [-0.1, -0.05) is 41.9 Å². The highest BCUT2D eigenvalue weighted by atomic mass is 79.9. The highest BCUT2D eigenvalue weighted by molar-refractivity contribution is 9.10. The molecule has 2 heteroatoms. The van der Waals surface area contributed by atoms with E-state index in [0.717, 1.165) is 5.92 Å². The third-order valence-corrected chi connectivity index (χ3v) is 4.79. The molecule has 1 aromatic carbocycles. The minimum Gasteiger partial charge on any atom is -0.311 e.